The van der Waals surface area contributed by atoms with Crippen LogP contribution >= 0.6 is 0 Å². The first-order chi connectivity index (χ1) is 18.1. The van der Waals surface area contributed by atoms with Crippen molar-refractivity contribution in [2.75, 3.05) is 13.4 Å². The van der Waals surface area contributed by atoms with Crippen LogP contribution in [0.15, 0.2) is 42.5 Å². The Balaban J connectivity index is 1.26. The summed E-state index contributed by atoms with van der Waals surface area (Å²) in [5.74, 6) is 1.18. The van der Waals surface area contributed by atoms with Crippen LogP contribution in [-0.2, 0) is 16.0 Å². The van der Waals surface area contributed by atoms with Crippen molar-refractivity contribution in [1.29, 1.82) is 0 Å². The number of nitrogens with zero attached hydrogens (tertiary/aromatic N) is 1. The molecule has 1 N–H and O–H groups in total. The van der Waals surface area contributed by atoms with Crippen LogP contribution in [0.4, 0.5) is 0 Å². The van der Waals surface area contributed by atoms with Gasteiger partial charge in [0, 0.05) is 11.4 Å². The first-order valence-electron chi connectivity index (χ1n) is 13.1. The van der Waals surface area contributed by atoms with E-state index >= 15 is 0 Å². The number of allylic oxidation sites excluding steroid dienone is 1. The highest BCUT2D eigenvalue weighted by Gasteiger charge is 2.29. The molecule has 37 heavy (non-hydrogen) atoms. The van der Waals surface area contributed by atoms with Crippen molar-refractivity contribution < 1.29 is 23.8 Å². The minimum absolute atomic E-state index is 0.148. The number of carbonyl (C=O) groups is 2. The lowest BCUT2D eigenvalue weighted by atomic mass is 9.86. The molecule has 1 aliphatic heterocycles. The van der Waals surface area contributed by atoms with E-state index in [1.807, 2.05) is 42.5 Å². The molecule has 1 saturated carbocycles. The highest BCUT2D eigenvalue weighted by molar-refractivity contribution is 6.07. The molecule has 7 nitrogen and oxygen atoms in total. The predicted molar refractivity (Wildman–Crippen MR) is 140 cm³/mol. The molecule has 1 amide bonds. The summed E-state index contributed by atoms with van der Waals surface area (Å²) in [7, 11) is 0. The lowest BCUT2D eigenvalue weighted by Crippen LogP contribution is -2.42. The van der Waals surface area contributed by atoms with Crippen molar-refractivity contribution in [2.24, 2.45) is 5.92 Å². The SMILES string of the molecule is CC1CCCCC1NC(=O)COC(=O)c1c2c(nc3ccccc13)C(=Cc1ccc3c(c1)OCO3)CC2. The maximum absolute atomic E-state index is 13.4. The van der Waals surface area contributed by atoms with E-state index in [4.69, 9.17) is 19.2 Å². The van der Waals surface area contributed by atoms with Gasteiger partial charge in [-0.15, -0.1) is 0 Å². The third kappa shape index (κ3) is 4.66. The summed E-state index contributed by atoms with van der Waals surface area (Å²) in [5.41, 5.74) is 4.96. The molecule has 3 aromatic rings. The molecule has 0 bridgehead atoms. The van der Waals surface area contributed by atoms with Gasteiger partial charge in [0.1, 0.15) is 0 Å². The number of pyridine rings is 1. The number of benzene rings is 2. The smallest absolute Gasteiger partial charge is 0.339 e. The number of hydrogen-bond acceptors (Lipinski definition) is 6. The fourth-order valence-electron chi connectivity index (χ4n) is 5.70. The van der Waals surface area contributed by atoms with Gasteiger partial charge in [0.05, 0.1) is 16.8 Å². The summed E-state index contributed by atoms with van der Waals surface area (Å²) in [6, 6.07) is 13.6. The Kier molecular flexibility index (Phi) is 6.28. The van der Waals surface area contributed by atoms with E-state index in [0.29, 0.717) is 17.9 Å². The van der Waals surface area contributed by atoms with Gasteiger partial charge in [-0.05, 0) is 72.6 Å². The second-order valence-corrected chi connectivity index (χ2v) is 10.1. The van der Waals surface area contributed by atoms with Crippen LogP contribution < -0.4 is 14.8 Å². The van der Waals surface area contributed by atoms with Gasteiger partial charge in [0.25, 0.3) is 5.91 Å². The Morgan fingerprint density at radius 2 is 1.92 bits per heavy atom. The largest absolute Gasteiger partial charge is 0.454 e. The number of nitrogens with one attached hydrogen (secondary N) is 1. The topological polar surface area (TPSA) is 86.8 Å². The molecule has 1 aromatic heterocycles. The maximum atomic E-state index is 13.4. The number of carbonyl (C=O) groups excluding carboxylic acids is 2. The monoisotopic (exact) mass is 498 g/mol. The quantitative estimate of drug-likeness (QED) is 0.480. The zero-order valence-corrected chi connectivity index (χ0v) is 20.9. The Morgan fingerprint density at radius 3 is 2.81 bits per heavy atom. The molecule has 0 radical (unpaired) electrons. The van der Waals surface area contributed by atoms with E-state index in [-0.39, 0.29) is 25.3 Å². The van der Waals surface area contributed by atoms with E-state index in [9.17, 15) is 9.59 Å². The number of amides is 1. The van der Waals surface area contributed by atoms with Crippen LogP contribution in [-0.4, -0.2) is 36.3 Å². The Labute approximate surface area is 215 Å². The highest BCUT2D eigenvalue weighted by atomic mass is 16.7. The summed E-state index contributed by atoms with van der Waals surface area (Å²) >= 11 is 0. The molecular weight excluding hydrogens is 468 g/mol. The zero-order chi connectivity index (χ0) is 25.4. The molecule has 2 aromatic carbocycles. The van der Waals surface area contributed by atoms with Gasteiger partial charge in [-0.2, -0.15) is 0 Å². The van der Waals surface area contributed by atoms with Crippen molar-refractivity contribution >= 4 is 34.4 Å². The lowest BCUT2D eigenvalue weighted by Gasteiger charge is -2.29. The normalized spacial score (nSPS) is 21.2. The maximum Gasteiger partial charge on any atom is 0.339 e. The van der Waals surface area contributed by atoms with Gasteiger partial charge in [-0.25, -0.2) is 9.78 Å². The van der Waals surface area contributed by atoms with Crippen molar-refractivity contribution in [2.45, 2.75) is 51.5 Å². The number of hydrogen-bond donors (Lipinski definition) is 1. The van der Waals surface area contributed by atoms with E-state index < -0.39 is 5.97 Å². The van der Waals surface area contributed by atoms with Crippen molar-refractivity contribution in [3.05, 3.63) is 64.8 Å². The number of ether oxygens (including phenoxy) is 3. The summed E-state index contributed by atoms with van der Waals surface area (Å²) in [6.07, 6.45) is 7.93. The Hall–Kier alpha value is -3.87. The van der Waals surface area contributed by atoms with Gasteiger partial charge in [-0.3, -0.25) is 4.79 Å². The average Bonchev–Trinajstić information content (AvgIpc) is 3.54. The first kappa shape index (κ1) is 23.5. The second-order valence-electron chi connectivity index (χ2n) is 10.1. The van der Waals surface area contributed by atoms with E-state index in [1.54, 1.807) is 0 Å². The fraction of sp³-hybridized carbons (Fsp3) is 0.367. The molecule has 2 heterocycles. The third-order valence-corrected chi connectivity index (χ3v) is 7.68. The molecule has 0 saturated heterocycles. The summed E-state index contributed by atoms with van der Waals surface area (Å²) < 4.78 is 16.5. The van der Waals surface area contributed by atoms with Gasteiger partial charge in [0.15, 0.2) is 18.1 Å². The third-order valence-electron chi connectivity index (χ3n) is 7.68. The molecule has 6 rings (SSSR count). The number of aromatic nitrogens is 1. The lowest BCUT2D eigenvalue weighted by molar-refractivity contribution is -0.125. The van der Waals surface area contributed by atoms with Crippen molar-refractivity contribution in [1.82, 2.24) is 10.3 Å². The molecule has 190 valence electrons. The number of esters is 1. The average molecular weight is 499 g/mol. The van der Waals surface area contributed by atoms with Crippen molar-refractivity contribution in [3.63, 3.8) is 0 Å². The van der Waals surface area contributed by atoms with E-state index in [0.717, 1.165) is 70.5 Å². The zero-order valence-electron chi connectivity index (χ0n) is 20.9. The van der Waals surface area contributed by atoms with Crippen LogP contribution in [0.5, 0.6) is 11.5 Å². The van der Waals surface area contributed by atoms with Crippen LogP contribution in [0.3, 0.4) is 0 Å². The minimum atomic E-state index is -0.481. The van der Waals surface area contributed by atoms with Crippen LogP contribution in [0.25, 0.3) is 22.6 Å². The van der Waals surface area contributed by atoms with Gasteiger partial charge >= 0.3 is 5.97 Å². The van der Waals surface area contributed by atoms with Crippen LogP contribution in [0.1, 0.15) is 66.2 Å². The predicted octanol–water partition coefficient (Wildman–Crippen LogP) is 5.30. The van der Waals surface area contributed by atoms with Crippen LogP contribution in [0, 0.1) is 5.92 Å². The number of fused-ring (bicyclic) bond motifs is 3. The summed E-state index contributed by atoms with van der Waals surface area (Å²) in [6.45, 7) is 2.11. The van der Waals surface area contributed by atoms with E-state index in [2.05, 4.69) is 18.3 Å². The molecule has 7 heteroatoms. The summed E-state index contributed by atoms with van der Waals surface area (Å²) in [5, 5.41) is 3.81. The number of para-hydroxylation sites is 1. The number of rotatable bonds is 5. The molecule has 1 fully saturated rings. The van der Waals surface area contributed by atoms with Crippen molar-refractivity contribution in [3.8, 4) is 11.5 Å². The van der Waals surface area contributed by atoms with Gasteiger partial charge < -0.3 is 19.5 Å². The molecule has 2 atom stereocenters. The Bertz CT molecular complexity index is 1410. The fourth-order valence-corrected chi connectivity index (χ4v) is 5.70. The van der Waals surface area contributed by atoms with Crippen LogP contribution in [0.2, 0.25) is 0 Å². The molecule has 2 aliphatic carbocycles. The molecule has 3 aliphatic rings. The van der Waals surface area contributed by atoms with E-state index in [1.165, 1.54) is 6.42 Å². The molecular formula is C30H30N2O5. The minimum Gasteiger partial charge on any atom is -0.454 e. The Morgan fingerprint density at radius 1 is 1.08 bits per heavy atom. The molecule has 0 spiro atoms. The highest BCUT2D eigenvalue weighted by Crippen LogP contribution is 2.39. The molecule has 2 unspecified atom stereocenters. The summed E-state index contributed by atoms with van der Waals surface area (Å²) in [4.78, 5) is 30.9. The van der Waals surface area contributed by atoms with Gasteiger partial charge in [-0.1, -0.05) is 44.0 Å². The first-order valence-corrected chi connectivity index (χ1v) is 13.1. The van der Waals surface area contributed by atoms with Gasteiger partial charge in [0.2, 0.25) is 6.79 Å². The standard InChI is InChI=1S/C30H30N2O5/c1-18-6-2-4-8-23(18)31-27(33)16-35-30(34)28-21-7-3-5-9-24(21)32-29-20(11-12-22(28)29)14-19-10-13-25-26(15-19)37-17-36-25/h3,5,7,9-10,13-15,18,23H,2,4,6,8,11-12,16-17H2,1H3,(H,31,33). The second kappa shape index (κ2) is 9.88.